The van der Waals surface area contributed by atoms with Gasteiger partial charge in [0.15, 0.2) is 5.72 Å². The maximum absolute atomic E-state index is 14.1. The highest BCUT2D eigenvalue weighted by Gasteiger charge is 2.70. The highest BCUT2D eigenvalue weighted by Crippen LogP contribution is 2.59. The number of nitriles is 3. The minimum Gasteiger partial charge on any atom is -0.467 e. The van der Waals surface area contributed by atoms with Gasteiger partial charge in [0.25, 0.3) is 5.91 Å². The molecule has 3 saturated carbocycles. The lowest BCUT2D eigenvalue weighted by molar-refractivity contribution is -0.149. The van der Waals surface area contributed by atoms with Crippen molar-refractivity contribution in [1.29, 1.82) is 15.8 Å². The van der Waals surface area contributed by atoms with Crippen molar-refractivity contribution in [3.63, 3.8) is 0 Å². The minimum atomic E-state index is -1.53. The van der Waals surface area contributed by atoms with Crippen LogP contribution in [0.5, 0.6) is 0 Å². The number of esters is 1. The Morgan fingerprint density at radius 1 is 0.533 bits per heavy atom. The van der Waals surface area contributed by atoms with Crippen LogP contribution >= 0.6 is 15.9 Å². The van der Waals surface area contributed by atoms with Gasteiger partial charge in [0.05, 0.1) is 53.4 Å². The molecule has 0 aromatic heterocycles. The molecule has 2 saturated heterocycles. The monoisotopic (exact) mass is 1290 g/mol. The van der Waals surface area contributed by atoms with Crippen molar-refractivity contribution < 1.29 is 33.8 Å². The molecular weight excluding hydrogens is 1220 g/mol. The number of aliphatic imine (C=N–C) groups is 1. The lowest BCUT2D eigenvalue weighted by Gasteiger charge is -2.52. The number of isocyanates is 1. The van der Waals surface area contributed by atoms with E-state index in [1.165, 1.54) is 23.7 Å². The molecule has 0 bridgehead atoms. The van der Waals surface area contributed by atoms with Crippen LogP contribution in [0, 0.1) is 68.6 Å². The number of nitrogens with zero attached hydrogens (tertiary/aromatic N) is 8. The van der Waals surface area contributed by atoms with E-state index in [1.54, 1.807) is 99.6 Å². The van der Waals surface area contributed by atoms with Gasteiger partial charge in [0.1, 0.15) is 16.6 Å². The number of aryl methyl sites for hydroxylation is 5. The standard InChI is InChI=1S/C27H25N3O2.C20H17N3O2.C13H14N2O2.C8H7NO.C7H7Br/c1-19-7-11-24(12-8-19)30-25(31)29(23-13-9-21(18-28)10-14-23)26(15-4-16-26)27(30,32)22-6-3-5-20(2)17-22;1-14-3-7-16(8-4-14)22-18(24)20(11-2-12-20)23(19(22)25)17-9-5-15(13-21)6-10-17;1-17-12(16)13(7-2-8-13)15-11-5-3-10(9-14)4-6-11;1-7-2-4-8(5-3-7)9-6-10;1-6-3-2-4-7(8)5-6/h3,5-14,17,32H,4,15-16H2,1-2H3;3-10H,2,11-12H2,1H3;3-6,15H,2,7-8H2,1H3;2-5H,1H3;2-5H,1H3. The number of aliphatic hydroxyl groups is 1. The molecular formula is C75H70BrN9O7. The first-order valence-corrected chi connectivity index (χ1v) is 31.1. The van der Waals surface area contributed by atoms with Crippen LogP contribution in [0.2, 0.25) is 0 Å². The molecule has 13 rings (SSSR count). The van der Waals surface area contributed by atoms with Gasteiger partial charge in [-0.15, -0.1) is 0 Å². The summed E-state index contributed by atoms with van der Waals surface area (Å²) in [6, 6.07) is 65.1. The topological polar surface area (TPSA) is 224 Å². The highest BCUT2D eigenvalue weighted by molar-refractivity contribution is 9.10. The molecule has 2 heterocycles. The average molecular weight is 1290 g/mol. The molecule has 3 aliphatic carbocycles. The van der Waals surface area contributed by atoms with Crippen molar-refractivity contribution in [1.82, 2.24) is 0 Å². The fraction of sp³-hybridized carbons (Fsp3) is 0.253. The van der Waals surface area contributed by atoms with Crippen molar-refractivity contribution in [3.8, 4) is 18.2 Å². The van der Waals surface area contributed by atoms with Crippen LogP contribution in [0.15, 0.2) is 204 Å². The molecule has 16 nitrogen and oxygen atoms in total. The van der Waals surface area contributed by atoms with Gasteiger partial charge in [-0.05, 0) is 214 Å². The third-order valence-electron chi connectivity index (χ3n) is 17.4. The molecule has 2 aliphatic heterocycles. The van der Waals surface area contributed by atoms with E-state index >= 15 is 0 Å². The summed E-state index contributed by atoms with van der Waals surface area (Å²) in [6.07, 6.45) is 8.64. The zero-order valence-corrected chi connectivity index (χ0v) is 53.8. The van der Waals surface area contributed by atoms with Crippen LogP contribution in [-0.2, 0) is 24.8 Å². The number of anilines is 5. The van der Waals surface area contributed by atoms with Gasteiger partial charge >= 0.3 is 18.0 Å². The second-order valence-electron chi connectivity index (χ2n) is 23.6. The number of hydrogen-bond donors (Lipinski definition) is 2. The zero-order valence-electron chi connectivity index (χ0n) is 52.2. The number of nitrogens with one attached hydrogen (secondary N) is 1. The Labute approximate surface area is 545 Å². The van der Waals surface area contributed by atoms with E-state index in [9.17, 15) is 34.3 Å². The van der Waals surface area contributed by atoms with Gasteiger partial charge in [-0.3, -0.25) is 19.5 Å². The molecule has 2 spiro atoms. The van der Waals surface area contributed by atoms with Crippen molar-refractivity contribution >= 4 is 80.1 Å². The van der Waals surface area contributed by atoms with Crippen LogP contribution in [0.3, 0.4) is 0 Å². The van der Waals surface area contributed by atoms with E-state index in [4.69, 9.17) is 15.3 Å². The Morgan fingerprint density at radius 2 is 0.978 bits per heavy atom. The molecule has 0 radical (unpaired) electrons. The summed E-state index contributed by atoms with van der Waals surface area (Å²) in [4.78, 5) is 71.4. The summed E-state index contributed by atoms with van der Waals surface area (Å²) in [7, 11) is 1.41. The van der Waals surface area contributed by atoms with Gasteiger partial charge in [-0.25, -0.2) is 24.1 Å². The second-order valence-corrected chi connectivity index (χ2v) is 24.5. The third-order valence-corrected chi connectivity index (χ3v) is 17.9. The van der Waals surface area contributed by atoms with Crippen molar-refractivity contribution in [3.05, 3.63) is 249 Å². The number of carbonyl (C=O) groups is 4. The molecule has 8 aromatic carbocycles. The van der Waals surface area contributed by atoms with E-state index < -0.39 is 22.3 Å². The van der Waals surface area contributed by atoms with E-state index in [-0.39, 0.29) is 23.9 Å². The third kappa shape index (κ3) is 13.5. The number of hydrogen-bond acceptors (Lipinski definition) is 12. The number of methoxy groups -OCH3 is 1. The smallest absolute Gasteiger partial charge is 0.336 e. The van der Waals surface area contributed by atoms with Crippen molar-refractivity contribution in [2.24, 2.45) is 4.99 Å². The van der Waals surface area contributed by atoms with Crippen molar-refractivity contribution in [2.75, 3.05) is 32.0 Å². The number of amides is 5. The Kier molecular flexibility index (Phi) is 20.5. The maximum Gasteiger partial charge on any atom is 0.336 e. The lowest BCUT2D eigenvalue weighted by atomic mass is 9.66. The molecule has 5 aliphatic rings. The Morgan fingerprint density at radius 3 is 1.39 bits per heavy atom. The van der Waals surface area contributed by atoms with E-state index in [0.29, 0.717) is 76.4 Å². The summed E-state index contributed by atoms with van der Waals surface area (Å²) < 4.78 is 5.97. The van der Waals surface area contributed by atoms with Crippen molar-refractivity contribution in [2.45, 2.75) is 115 Å². The normalized spacial score (nSPS) is 17.2. The largest absolute Gasteiger partial charge is 0.467 e. The van der Waals surface area contributed by atoms with Gasteiger partial charge < -0.3 is 15.2 Å². The summed E-state index contributed by atoms with van der Waals surface area (Å²) in [6.45, 7) is 10.0. The number of benzene rings is 8. The van der Waals surface area contributed by atoms with Gasteiger partial charge in [0.2, 0.25) is 6.08 Å². The molecule has 8 aromatic rings. The lowest BCUT2D eigenvalue weighted by Crippen LogP contribution is -2.63. The van der Waals surface area contributed by atoms with Gasteiger partial charge in [-0.1, -0.05) is 117 Å². The molecule has 5 amide bonds. The first-order chi connectivity index (χ1) is 44.3. The summed E-state index contributed by atoms with van der Waals surface area (Å²) in [5.74, 6) is -0.370. The minimum absolute atomic E-state index is 0.156. The number of rotatable bonds is 9. The summed E-state index contributed by atoms with van der Waals surface area (Å²) in [5.41, 5.74) is 8.44. The number of urea groups is 2. The molecule has 1 unspecified atom stereocenters. The quantitative estimate of drug-likeness (QED) is 0.0598. The van der Waals surface area contributed by atoms with Crippen LogP contribution < -0.4 is 24.9 Å². The van der Waals surface area contributed by atoms with Crippen LogP contribution in [0.4, 0.5) is 43.7 Å². The van der Waals surface area contributed by atoms with Gasteiger partial charge in [-0.2, -0.15) is 20.8 Å². The number of ether oxygens (including phenoxy) is 1. The molecule has 464 valence electrons. The maximum atomic E-state index is 14.1. The molecule has 92 heavy (non-hydrogen) atoms. The SMILES string of the molecule is COC(=O)C1(Nc2ccc(C#N)cc2)CCC1.Cc1ccc(N2C(=O)N(c3ccc(C#N)cc3)C3(CCC3)C2(O)c2cccc(C)c2)cc1.Cc1ccc(N2C(=O)N(c3ccc(C#N)cc3)C3(CCC3)C2=O)cc1.Cc1ccc(N=C=O)cc1.Cc1cccc(Br)c1. The summed E-state index contributed by atoms with van der Waals surface area (Å²) >= 11 is 3.36. The number of imide groups is 1. The van der Waals surface area contributed by atoms with Crippen LogP contribution in [0.1, 0.15) is 108 Å². The Balaban J connectivity index is 0.000000148. The molecule has 2 N–H and O–H groups in total. The second kappa shape index (κ2) is 28.6. The fourth-order valence-corrected chi connectivity index (χ4v) is 12.6. The number of carbonyl (C=O) groups excluding carboxylic acids is 5. The first-order valence-electron chi connectivity index (χ1n) is 30.3. The molecule has 1 atom stereocenters. The predicted octanol–water partition coefficient (Wildman–Crippen LogP) is 15.9. The van der Waals surface area contributed by atoms with E-state index in [2.05, 4.69) is 63.5 Å². The predicted molar refractivity (Wildman–Crippen MR) is 360 cm³/mol. The van der Waals surface area contributed by atoms with E-state index in [0.717, 1.165) is 64.5 Å². The van der Waals surface area contributed by atoms with Crippen LogP contribution in [0.25, 0.3) is 0 Å². The van der Waals surface area contributed by atoms with E-state index in [1.807, 2.05) is 125 Å². The fourth-order valence-electron chi connectivity index (χ4n) is 12.0. The Bertz CT molecular complexity index is 4140. The highest BCUT2D eigenvalue weighted by atomic mass is 79.9. The Hall–Kier alpha value is -10.5. The average Bonchev–Trinajstić information content (AvgIpc) is 1.50. The first kappa shape index (κ1) is 66.0. The van der Waals surface area contributed by atoms with Gasteiger partial charge in [0, 0.05) is 32.8 Å². The molecule has 17 heteroatoms. The zero-order chi connectivity index (χ0) is 65.8. The number of halogens is 1. The summed E-state index contributed by atoms with van der Waals surface area (Å²) in [5, 5.41) is 42.6. The van der Waals surface area contributed by atoms with Crippen LogP contribution in [-0.4, -0.2) is 58.9 Å². The molecule has 5 fully saturated rings.